The minimum atomic E-state index is -0.627. The van der Waals surface area contributed by atoms with Crippen molar-refractivity contribution in [2.75, 3.05) is 12.0 Å². The molecule has 0 aromatic rings. The molecule has 0 saturated heterocycles. The fourth-order valence-electron chi connectivity index (χ4n) is 8.88. The zero-order chi connectivity index (χ0) is 23.5. The van der Waals surface area contributed by atoms with Gasteiger partial charge in [-0.3, -0.25) is 4.79 Å². The first-order valence-corrected chi connectivity index (χ1v) is 14.0. The number of nitrogens with one attached hydrogen (secondary N) is 1. The molecule has 0 aliphatic heterocycles. The van der Waals surface area contributed by atoms with Gasteiger partial charge >= 0.3 is 12.1 Å². The number of thioether (sulfide) groups is 1. The van der Waals surface area contributed by atoms with Crippen LogP contribution < -0.4 is 5.32 Å². The van der Waals surface area contributed by atoms with Gasteiger partial charge in [0, 0.05) is 6.04 Å². The van der Waals surface area contributed by atoms with E-state index >= 15 is 0 Å². The summed E-state index contributed by atoms with van der Waals surface area (Å²) in [5.74, 6) is 2.21. The lowest BCUT2D eigenvalue weighted by Crippen LogP contribution is -2.70. The summed E-state index contributed by atoms with van der Waals surface area (Å²) in [6.07, 6.45) is 10.3. The van der Waals surface area contributed by atoms with E-state index in [1.54, 1.807) is 0 Å². The minimum absolute atomic E-state index is 0.0283. The van der Waals surface area contributed by atoms with Crippen LogP contribution >= 0.6 is 11.8 Å². The van der Waals surface area contributed by atoms with Crippen LogP contribution in [0.25, 0.3) is 0 Å². The van der Waals surface area contributed by atoms with Crippen molar-refractivity contribution in [1.29, 1.82) is 0 Å². The molecule has 2 N–H and O–H groups in total. The lowest BCUT2D eigenvalue weighted by molar-refractivity contribution is -0.212. The van der Waals surface area contributed by atoms with E-state index in [2.05, 4.69) is 18.5 Å². The van der Waals surface area contributed by atoms with Gasteiger partial charge in [-0.05, 0) is 119 Å². The Labute approximate surface area is 198 Å². The maximum absolute atomic E-state index is 13.0. The molecule has 5 saturated carbocycles. The maximum atomic E-state index is 13.0. The number of alkyl carbamates (subject to hydrolysis) is 1. The lowest BCUT2D eigenvalue weighted by Gasteiger charge is -2.70. The summed E-state index contributed by atoms with van der Waals surface area (Å²) < 4.78 is 5.71. The average molecular weight is 466 g/mol. The van der Waals surface area contributed by atoms with Gasteiger partial charge in [0.1, 0.15) is 5.60 Å². The second kappa shape index (κ2) is 8.09. The van der Waals surface area contributed by atoms with Crippen LogP contribution in [0.3, 0.4) is 0 Å². The second-order valence-corrected chi connectivity index (χ2v) is 13.6. The van der Waals surface area contributed by atoms with Crippen molar-refractivity contribution in [3.05, 3.63) is 0 Å². The molecule has 8 atom stereocenters. The Hall–Kier alpha value is -0.910. The number of carboxylic acid groups (broad SMARTS) is 1. The fourth-order valence-corrected chi connectivity index (χ4v) is 9.73. The van der Waals surface area contributed by atoms with Crippen LogP contribution in [0.15, 0.2) is 0 Å². The van der Waals surface area contributed by atoms with Crippen molar-refractivity contribution >= 4 is 23.8 Å². The molecule has 5 fully saturated rings. The number of hydrogen-bond acceptors (Lipinski definition) is 4. The molecule has 5 aliphatic carbocycles. The standard InChI is InChI=1S/C26H43NO4S/c1-23(2,3)31-22(30)27-20-17(15-32-6)16-8-12-26(20)13-9-18-24(4,19(26)14-16)10-7-11-25(18,5)21(28)29/h16-20H,7-15H2,1-6H3,(H,27,30)(H,28,29)/t16-,17-,18-,19-,20+,24+,25+,26-/m0/s1. The van der Waals surface area contributed by atoms with Crippen LogP contribution in [0.4, 0.5) is 4.79 Å². The monoisotopic (exact) mass is 465 g/mol. The molecule has 0 heterocycles. The zero-order valence-electron chi connectivity index (χ0n) is 20.8. The van der Waals surface area contributed by atoms with Gasteiger partial charge in [-0.15, -0.1) is 0 Å². The Balaban J connectivity index is 1.70. The van der Waals surface area contributed by atoms with Crippen molar-refractivity contribution in [3.63, 3.8) is 0 Å². The Kier molecular flexibility index (Phi) is 6.13. The number of carbonyl (C=O) groups is 2. The van der Waals surface area contributed by atoms with E-state index in [9.17, 15) is 14.7 Å². The van der Waals surface area contributed by atoms with E-state index in [0.29, 0.717) is 17.8 Å². The second-order valence-electron chi connectivity index (χ2n) is 12.7. The molecule has 182 valence electrons. The number of carbonyl (C=O) groups excluding carboxylic acids is 1. The third-order valence-corrected chi connectivity index (χ3v) is 10.8. The number of hydrogen-bond donors (Lipinski definition) is 2. The van der Waals surface area contributed by atoms with Crippen LogP contribution in [-0.4, -0.2) is 40.8 Å². The smallest absolute Gasteiger partial charge is 0.407 e. The summed E-state index contributed by atoms with van der Waals surface area (Å²) in [4.78, 5) is 25.4. The summed E-state index contributed by atoms with van der Waals surface area (Å²) >= 11 is 1.88. The van der Waals surface area contributed by atoms with E-state index in [-0.39, 0.29) is 28.9 Å². The topological polar surface area (TPSA) is 75.6 Å². The van der Waals surface area contributed by atoms with Gasteiger partial charge < -0.3 is 15.2 Å². The molecule has 6 heteroatoms. The molecule has 32 heavy (non-hydrogen) atoms. The van der Waals surface area contributed by atoms with Crippen LogP contribution in [0.2, 0.25) is 0 Å². The van der Waals surface area contributed by atoms with E-state index in [0.717, 1.165) is 44.3 Å². The number of aliphatic carboxylic acids is 1. The van der Waals surface area contributed by atoms with Crippen molar-refractivity contribution in [3.8, 4) is 0 Å². The molecule has 0 radical (unpaired) electrons. The Morgan fingerprint density at radius 2 is 1.78 bits per heavy atom. The molecule has 1 spiro atoms. The third kappa shape index (κ3) is 3.67. The highest BCUT2D eigenvalue weighted by Gasteiger charge is 2.68. The molecule has 0 aromatic heterocycles. The molecule has 5 nitrogen and oxygen atoms in total. The number of carboxylic acids is 1. The van der Waals surface area contributed by atoms with Gasteiger partial charge in [0.2, 0.25) is 0 Å². The highest BCUT2D eigenvalue weighted by Crippen LogP contribution is 2.72. The van der Waals surface area contributed by atoms with Gasteiger partial charge in [-0.25, -0.2) is 4.79 Å². The van der Waals surface area contributed by atoms with Gasteiger partial charge in [0.15, 0.2) is 0 Å². The highest BCUT2D eigenvalue weighted by atomic mass is 32.2. The van der Waals surface area contributed by atoms with Crippen LogP contribution in [-0.2, 0) is 9.53 Å². The van der Waals surface area contributed by atoms with Gasteiger partial charge in [-0.1, -0.05) is 13.3 Å². The summed E-state index contributed by atoms with van der Waals surface area (Å²) in [5, 5.41) is 13.6. The highest BCUT2D eigenvalue weighted by molar-refractivity contribution is 7.98. The van der Waals surface area contributed by atoms with E-state index < -0.39 is 17.0 Å². The molecule has 0 aromatic carbocycles. The first-order valence-electron chi connectivity index (χ1n) is 12.6. The number of fused-ring (bicyclic) bond motifs is 3. The largest absolute Gasteiger partial charge is 0.481 e. The van der Waals surface area contributed by atoms with Crippen molar-refractivity contribution in [1.82, 2.24) is 5.32 Å². The Morgan fingerprint density at radius 1 is 1.09 bits per heavy atom. The van der Waals surface area contributed by atoms with Crippen LogP contribution in [0.1, 0.15) is 86.0 Å². The van der Waals surface area contributed by atoms with E-state index in [1.165, 1.54) is 12.8 Å². The van der Waals surface area contributed by atoms with Crippen molar-refractivity contribution in [2.24, 2.45) is 39.9 Å². The first kappa shape index (κ1) is 24.2. The third-order valence-electron chi connectivity index (χ3n) is 10.1. The summed E-state index contributed by atoms with van der Waals surface area (Å²) in [7, 11) is 0. The van der Waals surface area contributed by atoms with Crippen molar-refractivity contribution in [2.45, 2.75) is 97.6 Å². The Bertz CT molecular complexity index is 765. The zero-order valence-corrected chi connectivity index (χ0v) is 21.6. The predicted octanol–water partition coefficient (Wildman–Crippen LogP) is 5.97. The van der Waals surface area contributed by atoms with Gasteiger partial charge in [0.05, 0.1) is 5.41 Å². The summed E-state index contributed by atoms with van der Waals surface area (Å²) in [5.41, 5.74) is -1.05. The van der Waals surface area contributed by atoms with Crippen LogP contribution in [0, 0.1) is 39.9 Å². The summed E-state index contributed by atoms with van der Waals surface area (Å²) in [6.45, 7) is 10.2. The minimum Gasteiger partial charge on any atom is -0.481 e. The molecule has 5 rings (SSSR count). The van der Waals surface area contributed by atoms with E-state index in [1.807, 2.05) is 39.5 Å². The van der Waals surface area contributed by atoms with Crippen molar-refractivity contribution < 1.29 is 19.4 Å². The molecule has 5 aliphatic rings. The molecular weight excluding hydrogens is 422 g/mol. The molecular formula is C26H43NO4S. The van der Waals surface area contributed by atoms with Gasteiger partial charge in [-0.2, -0.15) is 11.8 Å². The summed E-state index contributed by atoms with van der Waals surface area (Å²) in [6, 6.07) is 0.123. The Morgan fingerprint density at radius 3 is 2.41 bits per heavy atom. The lowest BCUT2D eigenvalue weighted by atomic mass is 9.35. The number of ether oxygens (including phenoxy) is 1. The van der Waals surface area contributed by atoms with Gasteiger partial charge in [0.25, 0.3) is 0 Å². The quantitative estimate of drug-likeness (QED) is 0.535. The first-order chi connectivity index (χ1) is 14.9. The fraction of sp³-hybridized carbons (Fsp3) is 0.923. The predicted molar refractivity (Wildman–Crippen MR) is 129 cm³/mol. The number of amides is 1. The molecule has 2 bridgehead atoms. The normalized spacial score (nSPS) is 45.5. The average Bonchev–Trinajstić information content (AvgIpc) is 2.68. The SMILES string of the molecule is CSC[C@H]1[C@H]2CC[C@@]3(CC[C@H]4[C@@](C)(CCC[C@@]4(C)C(=O)O)[C@@H]3C2)[C@@H]1NC(=O)OC(C)(C)C. The maximum Gasteiger partial charge on any atom is 0.407 e. The molecule has 0 unspecified atom stereocenters. The van der Waals surface area contributed by atoms with Crippen LogP contribution in [0.5, 0.6) is 0 Å². The number of rotatable bonds is 4. The van der Waals surface area contributed by atoms with E-state index in [4.69, 9.17) is 4.74 Å². The molecule has 1 amide bonds.